The Morgan fingerprint density at radius 2 is 0.765 bits per heavy atom. The van der Waals surface area contributed by atoms with Gasteiger partial charge in [0.05, 0.1) is 39.6 Å². The van der Waals surface area contributed by atoms with Crippen molar-refractivity contribution in [2.75, 3.05) is 39.6 Å². The standard InChI is InChI=1S/C36H56O31S/c37-1-7-13(40)26(16(43)31(49)56-7)64-34-19(46)28-23(11(60-34)5-54-28)63-36-21(48)30(24(9(3-39)58-36)67-68(50,51)52)66-35-20(47)29-22(12(61-35)6-55-29)62-33-18(45)27(14(41)8(2-38)57-33)65-32-17(44)25-15(42)10(59-32)4-53-25/h7-49H,1-6H2,(H,50,51,52). The van der Waals surface area contributed by atoms with Crippen LogP contribution in [0.15, 0.2) is 0 Å². The minimum absolute atomic E-state index is 0.0724. The second-order valence-electron chi connectivity index (χ2n) is 17.6. The van der Waals surface area contributed by atoms with Crippen LogP contribution in [0.3, 0.4) is 0 Å². The molecule has 30 unspecified atom stereocenters. The highest BCUT2D eigenvalue weighted by atomic mass is 32.3. The fourth-order valence-corrected chi connectivity index (χ4v) is 10.4. The van der Waals surface area contributed by atoms with Crippen LogP contribution in [0.25, 0.3) is 0 Å². The van der Waals surface area contributed by atoms with Gasteiger partial charge >= 0.3 is 10.4 Å². The minimum Gasteiger partial charge on any atom is -0.394 e. The van der Waals surface area contributed by atoms with E-state index in [0.29, 0.717) is 0 Å². The molecule has 9 rings (SSSR count). The van der Waals surface area contributed by atoms with Crippen LogP contribution in [0.4, 0.5) is 0 Å². The van der Waals surface area contributed by atoms with Gasteiger partial charge in [0.25, 0.3) is 0 Å². The first-order chi connectivity index (χ1) is 32.3. The molecule has 0 saturated carbocycles. The fraction of sp³-hybridized carbons (Fsp3) is 1.00. The molecule has 14 N–H and O–H groups in total. The van der Waals surface area contributed by atoms with Crippen LogP contribution in [-0.2, 0) is 80.9 Å². The lowest BCUT2D eigenvalue weighted by Gasteiger charge is -2.48. The van der Waals surface area contributed by atoms with E-state index in [4.69, 9.17) is 70.5 Å². The highest BCUT2D eigenvalue weighted by molar-refractivity contribution is 7.80. The van der Waals surface area contributed by atoms with Crippen molar-refractivity contribution in [1.29, 1.82) is 0 Å². The Labute approximate surface area is 383 Å². The molecule has 9 saturated heterocycles. The first-order valence-electron chi connectivity index (χ1n) is 21.7. The van der Waals surface area contributed by atoms with Gasteiger partial charge in [0.1, 0.15) is 146 Å². The summed E-state index contributed by atoms with van der Waals surface area (Å²) in [6.45, 7) is -3.32. The third-order valence-corrected chi connectivity index (χ3v) is 13.8. The molecule has 0 aromatic rings. The second kappa shape index (κ2) is 20.6. The van der Waals surface area contributed by atoms with Gasteiger partial charge in [-0.1, -0.05) is 0 Å². The topological polar surface area (TPSA) is 456 Å². The maximum Gasteiger partial charge on any atom is 0.397 e. The van der Waals surface area contributed by atoms with Gasteiger partial charge in [0, 0.05) is 0 Å². The zero-order chi connectivity index (χ0) is 48.7. The quantitative estimate of drug-likeness (QED) is 0.0677. The summed E-state index contributed by atoms with van der Waals surface area (Å²) in [6, 6.07) is 0. The van der Waals surface area contributed by atoms with Crippen molar-refractivity contribution in [3.8, 4) is 0 Å². The van der Waals surface area contributed by atoms with Gasteiger partial charge < -0.3 is 133 Å². The van der Waals surface area contributed by atoms with Gasteiger partial charge in [0.2, 0.25) is 0 Å². The summed E-state index contributed by atoms with van der Waals surface area (Å²) < 4.78 is 118. The van der Waals surface area contributed by atoms with Crippen LogP contribution in [0, 0.1) is 0 Å². The number of hydrogen-bond acceptors (Lipinski definition) is 30. The zero-order valence-corrected chi connectivity index (χ0v) is 36.0. The van der Waals surface area contributed by atoms with Crippen molar-refractivity contribution in [2.45, 2.75) is 184 Å². The van der Waals surface area contributed by atoms with Crippen LogP contribution >= 0.6 is 0 Å². The Hall–Kier alpha value is -1.21. The molecule has 0 aromatic heterocycles. The fourth-order valence-electron chi connectivity index (χ4n) is 9.85. The predicted molar refractivity (Wildman–Crippen MR) is 200 cm³/mol. The van der Waals surface area contributed by atoms with Gasteiger partial charge in [-0.3, -0.25) is 4.55 Å². The molecule has 0 aromatic carbocycles. The molecule has 9 aliphatic rings. The predicted octanol–water partition coefficient (Wildman–Crippen LogP) is -11.1. The second-order valence-corrected chi connectivity index (χ2v) is 18.7. The van der Waals surface area contributed by atoms with Gasteiger partial charge in [-0.15, -0.1) is 0 Å². The van der Waals surface area contributed by atoms with Crippen LogP contribution < -0.4 is 0 Å². The van der Waals surface area contributed by atoms with Gasteiger partial charge in [-0.25, -0.2) is 4.18 Å². The van der Waals surface area contributed by atoms with E-state index in [-0.39, 0.29) is 19.8 Å². The van der Waals surface area contributed by atoms with Crippen molar-refractivity contribution in [3.63, 3.8) is 0 Å². The summed E-state index contributed by atoms with van der Waals surface area (Å²) in [5.74, 6) is 0. The van der Waals surface area contributed by atoms with Crippen molar-refractivity contribution in [1.82, 2.24) is 0 Å². The number of fused-ring (bicyclic) bond motifs is 6. The average molecular weight is 1020 g/mol. The van der Waals surface area contributed by atoms with E-state index in [1.807, 2.05) is 0 Å². The summed E-state index contributed by atoms with van der Waals surface area (Å²) >= 11 is 0. The van der Waals surface area contributed by atoms with Crippen LogP contribution in [0.1, 0.15) is 0 Å². The van der Waals surface area contributed by atoms with E-state index in [1.165, 1.54) is 0 Å². The van der Waals surface area contributed by atoms with E-state index < -0.39 is 214 Å². The average Bonchev–Trinajstić information content (AvgIpc) is 3.89. The minimum atomic E-state index is -5.40. The molecule has 9 aliphatic heterocycles. The van der Waals surface area contributed by atoms with Crippen molar-refractivity contribution < 1.29 is 150 Å². The Morgan fingerprint density at radius 1 is 0.382 bits per heavy atom. The van der Waals surface area contributed by atoms with E-state index in [0.717, 1.165) is 0 Å². The maximum absolute atomic E-state index is 12.1. The Kier molecular flexibility index (Phi) is 15.7. The first-order valence-corrected chi connectivity index (χ1v) is 23.0. The summed E-state index contributed by atoms with van der Waals surface area (Å²) in [7, 11) is -5.40. The number of ether oxygens (including phenoxy) is 14. The van der Waals surface area contributed by atoms with Crippen molar-refractivity contribution in [3.05, 3.63) is 0 Å². The van der Waals surface area contributed by atoms with Crippen molar-refractivity contribution >= 4 is 10.4 Å². The SMILES string of the molecule is O=S(=O)(O)OC1C(CO)OC(OC2C3COC2C(O)C(OC2C(O)C(O)OC(CO)C2O)O3)C(O)C1OC1OC2COC(C1O)C2OC1OC(CO)C(O)C(OC2OC3COC(C3O)C2O)C1O. The van der Waals surface area contributed by atoms with Crippen LogP contribution in [0.2, 0.25) is 0 Å². The third-order valence-electron chi connectivity index (χ3n) is 13.4. The summed E-state index contributed by atoms with van der Waals surface area (Å²) in [6.07, 6.45) is -48.1. The molecule has 0 radical (unpaired) electrons. The third kappa shape index (κ3) is 9.71. The lowest BCUT2D eigenvalue weighted by atomic mass is 9.96. The number of aliphatic hydroxyl groups excluding tert-OH is 13. The highest BCUT2D eigenvalue weighted by Crippen LogP contribution is 2.41. The Balaban J connectivity index is 0.873. The largest absolute Gasteiger partial charge is 0.397 e. The van der Waals surface area contributed by atoms with E-state index >= 15 is 0 Å². The molecular formula is C36H56O31S. The normalized spacial score (nSPS) is 54.9. The van der Waals surface area contributed by atoms with Crippen molar-refractivity contribution in [2.24, 2.45) is 0 Å². The van der Waals surface area contributed by atoms with E-state index in [1.54, 1.807) is 0 Å². The summed E-state index contributed by atoms with van der Waals surface area (Å²) in [5.41, 5.74) is 0. The molecule has 68 heavy (non-hydrogen) atoms. The molecule has 31 nitrogen and oxygen atoms in total. The molecular weight excluding hydrogens is 960 g/mol. The van der Waals surface area contributed by atoms with E-state index in [2.05, 4.69) is 0 Å². The number of hydrogen-bond donors (Lipinski definition) is 14. The molecule has 0 amide bonds. The van der Waals surface area contributed by atoms with Gasteiger partial charge in [0.15, 0.2) is 37.7 Å². The summed E-state index contributed by atoms with van der Waals surface area (Å²) in [5, 5.41) is 139. The van der Waals surface area contributed by atoms with Gasteiger partial charge in [-0.05, 0) is 0 Å². The molecule has 30 atom stereocenters. The molecule has 0 spiro atoms. The molecule has 9 fully saturated rings. The maximum atomic E-state index is 12.1. The first kappa shape index (κ1) is 51.7. The molecule has 32 heteroatoms. The van der Waals surface area contributed by atoms with Crippen LogP contribution in [-0.4, -0.2) is 303 Å². The Bertz CT molecular complexity index is 1810. The molecule has 9 heterocycles. The molecule has 0 aliphatic carbocycles. The van der Waals surface area contributed by atoms with Crippen LogP contribution in [0.5, 0.6) is 0 Å². The monoisotopic (exact) mass is 1020 g/mol. The number of aliphatic hydroxyl groups is 13. The smallest absolute Gasteiger partial charge is 0.394 e. The zero-order valence-electron chi connectivity index (χ0n) is 35.2. The molecule has 6 bridgehead atoms. The van der Waals surface area contributed by atoms with Gasteiger partial charge in [-0.2, -0.15) is 8.42 Å². The van der Waals surface area contributed by atoms with E-state index in [9.17, 15) is 79.4 Å². The summed E-state index contributed by atoms with van der Waals surface area (Å²) in [4.78, 5) is 0. The lowest BCUT2D eigenvalue weighted by Crippen LogP contribution is -2.67. The lowest BCUT2D eigenvalue weighted by molar-refractivity contribution is -0.379. The Morgan fingerprint density at radius 3 is 1.28 bits per heavy atom. The molecule has 392 valence electrons. The number of rotatable bonds is 15. The highest BCUT2D eigenvalue weighted by Gasteiger charge is 2.61.